The third-order valence-corrected chi connectivity index (χ3v) is 6.57. The Labute approximate surface area is 255 Å². The van der Waals surface area contributed by atoms with E-state index in [1.165, 1.54) is 24.5 Å². The topological polar surface area (TPSA) is 126 Å². The van der Waals surface area contributed by atoms with Gasteiger partial charge in [-0.1, -0.05) is 17.7 Å². The van der Waals surface area contributed by atoms with Crippen molar-refractivity contribution in [3.8, 4) is 5.75 Å². The summed E-state index contributed by atoms with van der Waals surface area (Å²) in [7, 11) is 0. The molecule has 4 rings (SSSR count). The lowest BCUT2D eigenvalue weighted by molar-refractivity contribution is -0.156. The van der Waals surface area contributed by atoms with Gasteiger partial charge in [0.15, 0.2) is 0 Å². The molecule has 0 bridgehead atoms. The summed E-state index contributed by atoms with van der Waals surface area (Å²) < 4.78 is 25.1. The number of ether oxygens (including phenoxy) is 2. The number of aliphatic hydroxyl groups excluding tert-OH is 1. The first-order valence-electron chi connectivity index (χ1n) is 14.1. The number of aliphatic hydroxyl groups is 1. The number of hydrogen-bond acceptors (Lipinski definition) is 9. The van der Waals surface area contributed by atoms with Crippen LogP contribution < -0.4 is 15.4 Å². The van der Waals surface area contributed by atoms with Crippen molar-refractivity contribution in [3.05, 3.63) is 59.7 Å². The van der Waals surface area contributed by atoms with Gasteiger partial charge in [0.25, 0.3) is 0 Å². The molecule has 1 fully saturated rings. The normalized spacial score (nSPS) is 14.2. The Morgan fingerprint density at radius 1 is 1.23 bits per heavy atom. The Hall–Kier alpha value is -3.80. The van der Waals surface area contributed by atoms with Crippen molar-refractivity contribution in [3.63, 3.8) is 0 Å². The van der Waals surface area contributed by atoms with Crippen molar-refractivity contribution in [1.29, 1.82) is 0 Å². The van der Waals surface area contributed by atoms with E-state index in [-0.39, 0.29) is 24.7 Å². The van der Waals surface area contributed by atoms with Crippen LogP contribution in [0.3, 0.4) is 0 Å². The maximum Gasteiger partial charge on any atom is 0.320 e. The van der Waals surface area contributed by atoms with Gasteiger partial charge in [-0.05, 0) is 70.7 Å². The van der Waals surface area contributed by atoms with Gasteiger partial charge in [0.1, 0.15) is 29.3 Å². The summed E-state index contributed by atoms with van der Waals surface area (Å²) >= 11 is 5.95. The largest absolute Gasteiger partial charge is 0.491 e. The number of amides is 1. The van der Waals surface area contributed by atoms with Gasteiger partial charge < -0.3 is 25.2 Å². The van der Waals surface area contributed by atoms with Gasteiger partial charge in [0.05, 0.1) is 35.5 Å². The van der Waals surface area contributed by atoms with Gasteiger partial charge in [-0.3, -0.25) is 14.5 Å². The number of rotatable bonds is 13. The molecule has 1 heterocycles. The number of benzene rings is 2. The van der Waals surface area contributed by atoms with E-state index in [2.05, 4.69) is 20.6 Å². The van der Waals surface area contributed by atoms with Gasteiger partial charge in [-0.15, -0.1) is 0 Å². The Bertz CT molecular complexity index is 1490. The second-order valence-electron chi connectivity index (χ2n) is 11.6. The fourth-order valence-corrected chi connectivity index (χ4v) is 4.40. The molecule has 3 aromatic rings. The Balaban J connectivity index is 1.52. The summed E-state index contributed by atoms with van der Waals surface area (Å²) in [5.41, 5.74) is 0.907. The van der Waals surface area contributed by atoms with Gasteiger partial charge >= 0.3 is 5.97 Å². The van der Waals surface area contributed by atoms with Crippen molar-refractivity contribution in [2.75, 3.05) is 36.9 Å². The zero-order valence-electron chi connectivity index (χ0n) is 24.7. The molecule has 2 aromatic carbocycles. The van der Waals surface area contributed by atoms with Crippen LogP contribution in [0.5, 0.6) is 5.75 Å². The summed E-state index contributed by atoms with van der Waals surface area (Å²) in [6, 6.07) is 7.71. The number of nitrogens with one attached hydrogen (secondary N) is 2. The van der Waals surface area contributed by atoms with Crippen molar-refractivity contribution < 1.29 is 28.6 Å². The second-order valence-corrected chi connectivity index (χ2v) is 12.0. The van der Waals surface area contributed by atoms with Gasteiger partial charge in [0, 0.05) is 36.3 Å². The van der Waals surface area contributed by atoms with Crippen LogP contribution in [-0.2, 0) is 14.3 Å². The number of hydrogen-bond donors (Lipinski definition) is 3. The lowest BCUT2D eigenvalue weighted by Crippen LogP contribution is -2.38. The van der Waals surface area contributed by atoms with Crippen molar-refractivity contribution in [1.82, 2.24) is 14.9 Å². The number of carbonyl (C=O) groups is 2. The molecule has 1 aliphatic carbocycles. The number of halogens is 2. The zero-order chi connectivity index (χ0) is 31.1. The van der Waals surface area contributed by atoms with Crippen LogP contribution in [0.2, 0.25) is 5.02 Å². The number of aromatic nitrogens is 2. The minimum atomic E-state index is -0.676. The predicted octanol–water partition coefficient (Wildman–Crippen LogP) is 5.47. The van der Waals surface area contributed by atoms with E-state index in [0.717, 1.165) is 12.8 Å². The first-order valence-corrected chi connectivity index (χ1v) is 14.5. The highest BCUT2D eigenvalue weighted by Crippen LogP contribution is 2.36. The van der Waals surface area contributed by atoms with Crippen LogP contribution in [-0.4, -0.2) is 69.8 Å². The van der Waals surface area contributed by atoms with E-state index in [0.29, 0.717) is 46.4 Å². The minimum Gasteiger partial charge on any atom is -0.491 e. The second kappa shape index (κ2) is 14.1. The van der Waals surface area contributed by atoms with E-state index in [1.807, 2.05) is 0 Å². The zero-order valence-corrected chi connectivity index (χ0v) is 25.4. The summed E-state index contributed by atoms with van der Waals surface area (Å²) in [6.45, 7) is 7.93. The third kappa shape index (κ3) is 10.2. The molecule has 230 valence electrons. The first-order chi connectivity index (χ1) is 20.4. The maximum absolute atomic E-state index is 13.7. The van der Waals surface area contributed by atoms with E-state index in [9.17, 15) is 19.1 Å². The number of nitrogens with zero attached hydrogens (tertiary/aromatic N) is 3. The summed E-state index contributed by atoms with van der Waals surface area (Å²) in [5, 5.41) is 16.5. The molecule has 12 heteroatoms. The van der Waals surface area contributed by atoms with Crippen LogP contribution in [0.1, 0.15) is 40.5 Å². The Morgan fingerprint density at radius 2 is 2.00 bits per heavy atom. The fourth-order valence-electron chi connectivity index (χ4n) is 4.22. The molecule has 1 atom stereocenters. The molecular formula is C31H37ClFN5O5. The predicted molar refractivity (Wildman–Crippen MR) is 164 cm³/mol. The molecule has 3 N–H and O–H groups in total. The van der Waals surface area contributed by atoms with E-state index >= 15 is 0 Å². The average Bonchev–Trinajstić information content (AvgIpc) is 3.73. The van der Waals surface area contributed by atoms with Crippen LogP contribution in [0.15, 0.2) is 48.8 Å². The number of carbonyl (C=O) groups excluding carboxylic acids is 2. The molecule has 0 aliphatic heterocycles. The first kappa shape index (κ1) is 32.1. The Kier molecular flexibility index (Phi) is 10.5. The van der Waals surface area contributed by atoms with Gasteiger partial charge in [-0.25, -0.2) is 14.4 Å². The highest BCUT2D eigenvalue weighted by atomic mass is 35.5. The lowest BCUT2D eigenvalue weighted by Gasteiger charge is -2.25. The van der Waals surface area contributed by atoms with Crippen LogP contribution in [0, 0.1) is 11.7 Å². The Morgan fingerprint density at radius 3 is 2.67 bits per heavy atom. The quantitative estimate of drug-likeness (QED) is 0.170. The molecule has 10 nitrogen and oxygen atoms in total. The van der Waals surface area contributed by atoms with E-state index in [1.54, 1.807) is 56.9 Å². The van der Waals surface area contributed by atoms with Crippen molar-refractivity contribution in [2.45, 2.75) is 52.2 Å². The van der Waals surface area contributed by atoms with Crippen LogP contribution >= 0.6 is 11.6 Å². The molecule has 43 heavy (non-hydrogen) atoms. The average molecular weight is 614 g/mol. The number of fused-ring (bicyclic) bond motifs is 1. The van der Waals surface area contributed by atoms with Crippen molar-refractivity contribution >= 4 is 51.6 Å². The molecule has 0 saturated heterocycles. The summed E-state index contributed by atoms with van der Waals surface area (Å²) in [5.74, 6) is 0.0133. The minimum absolute atomic E-state index is 0.0306. The molecular weight excluding hydrogens is 577 g/mol. The SMILES string of the molecule is C[C@@H](O)CN(C/C=C/C(=O)Nc1cc2c(Nc3ccc(F)c(Cl)c3)ncnc2cc1OCC1CC1)CC(=O)OC(C)(C)C. The molecule has 0 radical (unpaired) electrons. The van der Waals surface area contributed by atoms with Crippen LogP contribution in [0.4, 0.5) is 21.6 Å². The molecule has 1 saturated carbocycles. The molecule has 1 aliphatic rings. The highest BCUT2D eigenvalue weighted by Gasteiger charge is 2.23. The smallest absolute Gasteiger partial charge is 0.320 e. The molecule has 1 aromatic heterocycles. The number of esters is 1. The van der Waals surface area contributed by atoms with Gasteiger partial charge in [-0.2, -0.15) is 0 Å². The molecule has 0 unspecified atom stereocenters. The molecule has 0 spiro atoms. The fraction of sp³-hybridized carbons (Fsp3) is 0.419. The van der Waals surface area contributed by atoms with Crippen molar-refractivity contribution in [2.24, 2.45) is 5.92 Å². The summed E-state index contributed by atoms with van der Waals surface area (Å²) in [6.07, 6.45) is 5.89. The number of anilines is 3. The molecule has 1 amide bonds. The maximum atomic E-state index is 13.7. The van der Waals surface area contributed by atoms with Gasteiger partial charge in [0.2, 0.25) is 5.91 Å². The van der Waals surface area contributed by atoms with Crippen LogP contribution in [0.25, 0.3) is 10.9 Å². The monoisotopic (exact) mass is 613 g/mol. The summed E-state index contributed by atoms with van der Waals surface area (Å²) in [4.78, 5) is 35.7. The van der Waals surface area contributed by atoms with E-state index < -0.39 is 29.4 Å². The standard InChI is InChI=1S/C31H37ClFN5O5/c1-19(39)15-38(16-29(41)43-31(2,3)4)11-5-6-28(40)37-26-13-22-25(14-27(26)42-17-20-7-8-20)34-18-35-30(22)36-21-9-10-24(33)23(32)12-21/h5-6,9-10,12-14,18-20,39H,7-8,11,15-17H2,1-4H3,(H,37,40)(H,34,35,36)/b6-5+/t19-/m1/s1. The third-order valence-electron chi connectivity index (χ3n) is 6.28. The highest BCUT2D eigenvalue weighted by molar-refractivity contribution is 6.31. The lowest BCUT2D eigenvalue weighted by atomic mass is 10.1. The van der Waals surface area contributed by atoms with E-state index in [4.69, 9.17) is 21.1 Å².